The number of nitrogens with one attached hydrogen (secondary N) is 1. The number of rotatable bonds is 4. The first kappa shape index (κ1) is 14.3. The van der Waals surface area contributed by atoms with E-state index in [2.05, 4.69) is 4.72 Å². The van der Waals surface area contributed by atoms with Crippen LogP contribution in [0, 0.1) is 11.8 Å². The summed E-state index contributed by atoms with van der Waals surface area (Å²) in [4.78, 5) is 0.255. The Labute approximate surface area is 124 Å². The molecule has 3 atom stereocenters. The van der Waals surface area contributed by atoms with Crippen LogP contribution in [0.2, 0.25) is 5.02 Å². The van der Waals surface area contributed by atoms with Gasteiger partial charge in [-0.1, -0.05) is 18.0 Å². The summed E-state index contributed by atoms with van der Waals surface area (Å²) in [7, 11) is -3.48. The van der Waals surface area contributed by atoms with Gasteiger partial charge >= 0.3 is 0 Å². The van der Waals surface area contributed by atoms with E-state index in [0.29, 0.717) is 22.4 Å². The van der Waals surface area contributed by atoms with Crippen molar-refractivity contribution >= 4 is 21.6 Å². The molecule has 110 valence electrons. The SMILES string of the molecule is NCc1cc(S(=O)(=O)NC2CC3CCC2C3)ccc1Cl. The van der Waals surface area contributed by atoms with Crippen LogP contribution in [0.5, 0.6) is 0 Å². The Morgan fingerprint density at radius 2 is 2.10 bits per heavy atom. The zero-order valence-electron chi connectivity index (χ0n) is 11.2. The first-order valence-corrected chi connectivity index (χ1v) is 8.86. The van der Waals surface area contributed by atoms with Crippen LogP contribution in [0.25, 0.3) is 0 Å². The first-order valence-electron chi connectivity index (χ1n) is 7.00. The fraction of sp³-hybridized carbons (Fsp3) is 0.571. The Morgan fingerprint density at radius 1 is 1.30 bits per heavy atom. The molecule has 0 saturated heterocycles. The Kier molecular flexibility index (Phi) is 3.79. The van der Waals surface area contributed by atoms with Crippen molar-refractivity contribution in [2.45, 2.75) is 43.2 Å². The molecule has 0 spiro atoms. The molecule has 3 rings (SSSR count). The molecule has 2 aliphatic rings. The van der Waals surface area contributed by atoms with E-state index in [4.69, 9.17) is 17.3 Å². The highest BCUT2D eigenvalue weighted by Crippen LogP contribution is 2.44. The molecule has 2 fully saturated rings. The molecular formula is C14H19ClN2O2S. The summed E-state index contributed by atoms with van der Waals surface area (Å²) in [6.07, 6.45) is 4.54. The minimum Gasteiger partial charge on any atom is -0.326 e. The number of sulfonamides is 1. The maximum atomic E-state index is 12.4. The molecule has 0 aliphatic heterocycles. The van der Waals surface area contributed by atoms with E-state index in [1.807, 2.05) is 0 Å². The number of nitrogens with two attached hydrogens (primary N) is 1. The van der Waals surface area contributed by atoms with Gasteiger partial charge in [0, 0.05) is 17.6 Å². The van der Waals surface area contributed by atoms with E-state index < -0.39 is 10.0 Å². The van der Waals surface area contributed by atoms with Crippen LogP contribution in [-0.2, 0) is 16.6 Å². The summed E-state index contributed by atoms with van der Waals surface area (Å²) < 4.78 is 27.8. The van der Waals surface area contributed by atoms with Gasteiger partial charge in [0.2, 0.25) is 10.0 Å². The summed E-state index contributed by atoms with van der Waals surface area (Å²) >= 11 is 5.97. The highest BCUT2D eigenvalue weighted by Gasteiger charge is 2.41. The molecule has 3 N–H and O–H groups in total. The van der Waals surface area contributed by atoms with Gasteiger partial charge in [-0.3, -0.25) is 0 Å². The van der Waals surface area contributed by atoms with Crippen molar-refractivity contribution in [2.24, 2.45) is 17.6 Å². The molecule has 0 amide bonds. The third kappa shape index (κ3) is 2.60. The number of fused-ring (bicyclic) bond motifs is 2. The fourth-order valence-electron chi connectivity index (χ4n) is 3.53. The molecule has 1 aromatic carbocycles. The minimum atomic E-state index is -3.48. The summed E-state index contributed by atoms with van der Waals surface area (Å²) in [5, 5.41) is 0.506. The average Bonchev–Trinajstić information content (AvgIpc) is 3.00. The molecule has 3 unspecified atom stereocenters. The lowest BCUT2D eigenvalue weighted by molar-refractivity contribution is 0.390. The number of hydrogen-bond acceptors (Lipinski definition) is 3. The molecular weight excluding hydrogens is 296 g/mol. The third-order valence-corrected chi connectivity index (χ3v) is 6.45. The van der Waals surface area contributed by atoms with Gasteiger partial charge < -0.3 is 5.73 Å². The lowest BCUT2D eigenvalue weighted by Gasteiger charge is -2.22. The normalized spacial score (nSPS) is 29.0. The summed E-state index contributed by atoms with van der Waals surface area (Å²) in [5.41, 5.74) is 6.23. The maximum absolute atomic E-state index is 12.4. The molecule has 2 saturated carbocycles. The van der Waals surface area contributed by atoms with Crippen molar-refractivity contribution in [3.8, 4) is 0 Å². The van der Waals surface area contributed by atoms with Gasteiger partial charge in [0.15, 0.2) is 0 Å². The second-order valence-corrected chi connectivity index (χ2v) is 7.98. The van der Waals surface area contributed by atoms with Crippen LogP contribution in [0.15, 0.2) is 23.1 Å². The molecule has 0 radical (unpaired) electrons. The molecule has 0 heterocycles. The van der Waals surface area contributed by atoms with Crippen molar-refractivity contribution in [1.82, 2.24) is 4.72 Å². The van der Waals surface area contributed by atoms with Crippen LogP contribution in [-0.4, -0.2) is 14.5 Å². The zero-order valence-corrected chi connectivity index (χ0v) is 12.8. The van der Waals surface area contributed by atoms with E-state index in [1.54, 1.807) is 12.1 Å². The van der Waals surface area contributed by atoms with Gasteiger partial charge in [-0.25, -0.2) is 13.1 Å². The van der Waals surface area contributed by atoms with Crippen LogP contribution < -0.4 is 10.5 Å². The van der Waals surface area contributed by atoms with Crippen LogP contribution in [0.4, 0.5) is 0 Å². The standard InChI is InChI=1S/C14H19ClN2O2S/c15-13-4-3-12(7-11(13)8-16)20(18,19)17-14-6-9-1-2-10(14)5-9/h3-4,7,9-10,14,17H,1-2,5-6,8,16H2. The quantitative estimate of drug-likeness (QED) is 0.895. The van der Waals surface area contributed by atoms with Crippen molar-refractivity contribution in [3.63, 3.8) is 0 Å². The van der Waals surface area contributed by atoms with Gasteiger partial charge in [-0.15, -0.1) is 0 Å². The zero-order chi connectivity index (χ0) is 14.3. The molecule has 20 heavy (non-hydrogen) atoms. The number of benzene rings is 1. The second-order valence-electron chi connectivity index (χ2n) is 5.86. The van der Waals surface area contributed by atoms with Crippen LogP contribution >= 0.6 is 11.6 Å². The van der Waals surface area contributed by atoms with E-state index in [9.17, 15) is 8.42 Å². The number of halogens is 1. The predicted molar refractivity (Wildman–Crippen MR) is 78.9 cm³/mol. The monoisotopic (exact) mass is 314 g/mol. The Morgan fingerprint density at radius 3 is 2.70 bits per heavy atom. The second kappa shape index (κ2) is 5.30. The molecule has 1 aromatic rings. The molecule has 2 bridgehead atoms. The summed E-state index contributed by atoms with van der Waals surface area (Å²) in [6, 6.07) is 4.80. The average molecular weight is 315 g/mol. The van der Waals surface area contributed by atoms with Crippen LogP contribution in [0.1, 0.15) is 31.2 Å². The topological polar surface area (TPSA) is 72.2 Å². The first-order chi connectivity index (χ1) is 9.49. The van der Waals surface area contributed by atoms with Gasteiger partial charge in [0.1, 0.15) is 0 Å². The Bertz CT molecular complexity index is 618. The fourth-order valence-corrected chi connectivity index (χ4v) is 5.09. The van der Waals surface area contributed by atoms with Crippen molar-refractivity contribution in [3.05, 3.63) is 28.8 Å². The van der Waals surface area contributed by atoms with Crippen molar-refractivity contribution in [2.75, 3.05) is 0 Å². The maximum Gasteiger partial charge on any atom is 0.240 e. The smallest absolute Gasteiger partial charge is 0.240 e. The van der Waals surface area contributed by atoms with E-state index in [1.165, 1.54) is 18.9 Å². The van der Waals surface area contributed by atoms with E-state index in [-0.39, 0.29) is 17.5 Å². The lowest BCUT2D eigenvalue weighted by Crippen LogP contribution is -2.38. The van der Waals surface area contributed by atoms with Gasteiger partial charge in [0.05, 0.1) is 4.90 Å². The summed E-state index contributed by atoms with van der Waals surface area (Å²) in [6.45, 7) is 0.232. The van der Waals surface area contributed by atoms with Crippen molar-refractivity contribution in [1.29, 1.82) is 0 Å². The minimum absolute atomic E-state index is 0.0933. The lowest BCUT2D eigenvalue weighted by atomic mass is 9.96. The summed E-state index contributed by atoms with van der Waals surface area (Å²) in [5.74, 6) is 1.22. The Balaban J connectivity index is 1.81. The number of hydrogen-bond donors (Lipinski definition) is 2. The highest BCUT2D eigenvalue weighted by molar-refractivity contribution is 7.89. The largest absolute Gasteiger partial charge is 0.326 e. The molecule has 0 aromatic heterocycles. The van der Waals surface area contributed by atoms with E-state index in [0.717, 1.165) is 12.8 Å². The van der Waals surface area contributed by atoms with E-state index >= 15 is 0 Å². The highest BCUT2D eigenvalue weighted by atomic mass is 35.5. The molecule has 2 aliphatic carbocycles. The molecule has 6 heteroatoms. The van der Waals surface area contributed by atoms with Gasteiger partial charge in [-0.05, 0) is 54.9 Å². The van der Waals surface area contributed by atoms with Gasteiger partial charge in [-0.2, -0.15) is 0 Å². The molecule has 4 nitrogen and oxygen atoms in total. The van der Waals surface area contributed by atoms with Gasteiger partial charge in [0.25, 0.3) is 0 Å². The van der Waals surface area contributed by atoms with Crippen molar-refractivity contribution < 1.29 is 8.42 Å². The van der Waals surface area contributed by atoms with Crippen LogP contribution in [0.3, 0.4) is 0 Å². The Hall–Kier alpha value is -0.620. The third-order valence-electron chi connectivity index (χ3n) is 4.59. The predicted octanol–water partition coefficient (Wildman–Crippen LogP) is 2.27.